The van der Waals surface area contributed by atoms with Gasteiger partial charge in [-0.15, -0.1) is 0 Å². The van der Waals surface area contributed by atoms with Gasteiger partial charge in [0, 0.05) is 5.56 Å². The Hall–Kier alpha value is -2.62. The molecule has 4 heteroatoms. The van der Waals surface area contributed by atoms with E-state index < -0.39 is 0 Å². The lowest BCUT2D eigenvalue weighted by Gasteiger charge is -2.15. The molecule has 0 amide bonds. The predicted molar refractivity (Wildman–Crippen MR) is 104 cm³/mol. The van der Waals surface area contributed by atoms with E-state index in [4.69, 9.17) is 9.47 Å². The van der Waals surface area contributed by atoms with Gasteiger partial charge in [-0.3, -0.25) is 4.79 Å². The van der Waals surface area contributed by atoms with Crippen LogP contribution in [0.1, 0.15) is 59.3 Å². The third kappa shape index (κ3) is 4.57. The molecule has 2 aromatic rings. The smallest absolute Gasteiger partial charge is 0.343 e. The number of carbonyl (C=O) groups is 2. The number of benzene rings is 2. The molecule has 1 aliphatic carbocycles. The van der Waals surface area contributed by atoms with Crippen molar-refractivity contribution in [3.63, 3.8) is 0 Å². The average molecular weight is 366 g/mol. The molecule has 0 fully saturated rings. The van der Waals surface area contributed by atoms with Crippen LogP contribution in [-0.4, -0.2) is 18.5 Å². The van der Waals surface area contributed by atoms with Crippen molar-refractivity contribution in [1.82, 2.24) is 0 Å². The highest BCUT2D eigenvalue weighted by atomic mass is 16.5. The van der Waals surface area contributed by atoms with Crippen LogP contribution in [0.4, 0.5) is 0 Å². The highest BCUT2D eigenvalue weighted by molar-refractivity contribution is 5.91. The lowest BCUT2D eigenvalue weighted by molar-refractivity contribution is -0.142. The number of hydrogen-bond acceptors (Lipinski definition) is 4. The van der Waals surface area contributed by atoms with Crippen LogP contribution in [0.3, 0.4) is 0 Å². The fraction of sp³-hybridized carbons (Fsp3) is 0.391. The van der Waals surface area contributed by atoms with Crippen LogP contribution in [0.2, 0.25) is 0 Å². The molecule has 27 heavy (non-hydrogen) atoms. The van der Waals surface area contributed by atoms with Gasteiger partial charge in [0.2, 0.25) is 0 Å². The first kappa shape index (κ1) is 19.2. The monoisotopic (exact) mass is 366 g/mol. The Kier molecular flexibility index (Phi) is 6.28. The lowest BCUT2D eigenvalue weighted by Crippen LogP contribution is -2.14. The fourth-order valence-corrected chi connectivity index (χ4v) is 3.56. The van der Waals surface area contributed by atoms with Gasteiger partial charge in [-0.1, -0.05) is 37.6 Å². The molecule has 4 nitrogen and oxygen atoms in total. The third-order valence-electron chi connectivity index (χ3n) is 4.88. The number of fused-ring (bicyclic) bond motifs is 1. The van der Waals surface area contributed by atoms with Crippen LogP contribution >= 0.6 is 0 Å². The molecule has 0 unspecified atom stereocenters. The van der Waals surface area contributed by atoms with Gasteiger partial charge < -0.3 is 9.47 Å². The topological polar surface area (TPSA) is 52.6 Å². The molecule has 2 aromatic carbocycles. The first-order chi connectivity index (χ1) is 13.1. The quantitative estimate of drug-likeness (QED) is 0.536. The molecule has 0 aliphatic heterocycles. The van der Waals surface area contributed by atoms with Crippen molar-refractivity contribution in [1.29, 1.82) is 0 Å². The molecule has 0 bridgehead atoms. The third-order valence-corrected chi connectivity index (χ3v) is 4.88. The summed E-state index contributed by atoms with van der Waals surface area (Å²) in [7, 11) is 0. The Balaban J connectivity index is 1.84. The van der Waals surface area contributed by atoms with Crippen molar-refractivity contribution in [3.05, 3.63) is 64.2 Å². The SMILES string of the molecule is CCCc1ccc(C(=O)Oc2c(CC(=O)OCC)ccc3c2CCC3)cc1. The average Bonchev–Trinajstić information content (AvgIpc) is 3.13. The van der Waals surface area contributed by atoms with E-state index in [-0.39, 0.29) is 18.4 Å². The molecule has 0 saturated carbocycles. The first-order valence-corrected chi connectivity index (χ1v) is 9.72. The largest absolute Gasteiger partial charge is 0.466 e. The molecule has 0 N–H and O–H groups in total. The maximum atomic E-state index is 12.7. The van der Waals surface area contributed by atoms with E-state index in [0.717, 1.165) is 37.7 Å². The van der Waals surface area contributed by atoms with E-state index in [1.165, 1.54) is 11.1 Å². The van der Waals surface area contributed by atoms with Gasteiger partial charge in [0.1, 0.15) is 5.75 Å². The van der Waals surface area contributed by atoms with E-state index in [9.17, 15) is 9.59 Å². The minimum Gasteiger partial charge on any atom is -0.466 e. The predicted octanol–water partition coefficient (Wildman–Crippen LogP) is 4.45. The fourth-order valence-electron chi connectivity index (χ4n) is 3.56. The van der Waals surface area contributed by atoms with Gasteiger partial charge in [0.05, 0.1) is 18.6 Å². The summed E-state index contributed by atoms with van der Waals surface area (Å²) in [6.45, 7) is 4.25. The second-order valence-corrected chi connectivity index (χ2v) is 6.86. The first-order valence-electron chi connectivity index (χ1n) is 9.72. The van der Waals surface area contributed by atoms with Gasteiger partial charge in [-0.2, -0.15) is 0 Å². The summed E-state index contributed by atoms with van der Waals surface area (Å²) in [4.78, 5) is 24.7. The van der Waals surface area contributed by atoms with Gasteiger partial charge in [0.15, 0.2) is 0 Å². The summed E-state index contributed by atoms with van der Waals surface area (Å²) >= 11 is 0. The Bertz CT molecular complexity index is 821. The molecule has 0 spiro atoms. The molecule has 0 radical (unpaired) electrons. The Morgan fingerprint density at radius 2 is 1.78 bits per heavy atom. The molecule has 0 atom stereocenters. The van der Waals surface area contributed by atoms with E-state index in [1.807, 2.05) is 36.4 Å². The van der Waals surface area contributed by atoms with Crippen LogP contribution in [0.25, 0.3) is 0 Å². The van der Waals surface area contributed by atoms with Gasteiger partial charge in [0.25, 0.3) is 0 Å². The molecular weight excluding hydrogens is 340 g/mol. The highest BCUT2D eigenvalue weighted by Crippen LogP contribution is 2.35. The number of aryl methyl sites for hydroxylation is 2. The van der Waals surface area contributed by atoms with Crippen molar-refractivity contribution in [2.24, 2.45) is 0 Å². The number of ether oxygens (including phenoxy) is 2. The number of carbonyl (C=O) groups excluding carboxylic acids is 2. The normalized spacial score (nSPS) is 12.5. The van der Waals surface area contributed by atoms with E-state index >= 15 is 0 Å². The summed E-state index contributed by atoms with van der Waals surface area (Å²) in [6, 6.07) is 11.5. The zero-order chi connectivity index (χ0) is 19.2. The second-order valence-electron chi connectivity index (χ2n) is 6.86. The minimum absolute atomic E-state index is 0.110. The van der Waals surface area contributed by atoms with Crippen molar-refractivity contribution in [2.45, 2.75) is 52.4 Å². The van der Waals surface area contributed by atoms with Gasteiger partial charge in [-0.05, 0) is 61.4 Å². The summed E-state index contributed by atoms with van der Waals surface area (Å²) in [5, 5.41) is 0. The molecular formula is C23H26O4. The molecule has 1 aliphatic rings. The Morgan fingerprint density at radius 1 is 1.00 bits per heavy atom. The molecule has 142 valence electrons. The van der Waals surface area contributed by atoms with E-state index in [2.05, 4.69) is 6.92 Å². The zero-order valence-corrected chi connectivity index (χ0v) is 16.0. The molecule has 0 heterocycles. The number of hydrogen-bond donors (Lipinski definition) is 0. The summed E-state index contributed by atoms with van der Waals surface area (Å²) < 4.78 is 10.9. The molecule has 0 aromatic heterocycles. The summed E-state index contributed by atoms with van der Waals surface area (Å²) in [5.41, 5.74) is 4.69. The zero-order valence-electron chi connectivity index (χ0n) is 16.0. The lowest BCUT2D eigenvalue weighted by atomic mass is 10.0. The van der Waals surface area contributed by atoms with Crippen molar-refractivity contribution in [3.8, 4) is 5.75 Å². The van der Waals surface area contributed by atoms with Crippen LogP contribution in [0, 0.1) is 0 Å². The van der Waals surface area contributed by atoms with Crippen LogP contribution in [-0.2, 0) is 35.2 Å². The Labute approximate surface area is 160 Å². The van der Waals surface area contributed by atoms with Crippen LogP contribution in [0.5, 0.6) is 5.75 Å². The maximum absolute atomic E-state index is 12.7. The van der Waals surface area contributed by atoms with Gasteiger partial charge >= 0.3 is 11.9 Å². The summed E-state index contributed by atoms with van der Waals surface area (Å²) in [5.74, 6) is -0.152. The maximum Gasteiger partial charge on any atom is 0.343 e. The summed E-state index contributed by atoms with van der Waals surface area (Å²) in [6.07, 6.45) is 5.05. The Morgan fingerprint density at radius 3 is 2.48 bits per heavy atom. The number of rotatable bonds is 7. The molecule has 0 saturated heterocycles. The standard InChI is InChI=1S/C23H26O4/c1-3-6-16-9-11-18(12-10-16)23(25)27-22-19(15-21(24)26-4-2)14-13-17-7-5-8-20(17)22/h9-14H,3-8,15H2,1-2H3. The van der Waals surface area contributed by atoms with Crippen molar-refractivity contribution >= 4 is 11.9 Å². The van der Waals surface area contributed by atoms with Crippen LogP contribution in [0.15, 0.2) is 36.4 Å². The van der Waals surface area contributed by atoms with E-state index in [1.54, 1.807) is 6.92 Å². The van der Waals surface area contributed by atoms with Crippen molar-refractivity contribution in [2.75, 3.05) is 6.61 Å². The number of esters is 2. The minimum atomic E-state index is -0.386. The van der Waals surface area contributed by atoms with Gasteiger partial charge in [-0.25, -0.2) is 4.79 Å². The van der Waals surface area contributed by atoms with E-state index in [0.29, 0.717) is 23.5 Å². The van der Waals surface area contributed by atoms with Crippen LogP contribution < -0.4 is 4.74 Å². The molecule has 3 rings (SSSR count). The highest BCUT2D eigenvalue weighted by Gasteiger charge is 2.23. The van der Waals surface area contributed by atoms with Crippen molar-refractivity contribution < 1.29 is 19.1 Å². The second kappa shape index (κ2) is 8.85.